The van der Waals surface area contributed by atoms with Gasteiger partial charge in [0.1, 0.15) is 15.3 Å². The summed E-state index contributed by atoms with van der Waals surface area (Å²) in [6, 6.07) is 0. The van der Waals surface area contributed by atoms with Gasteiger partial charge in [-0.15, -0.1) is 0 Å². The monoisotopic (exact) mass is 250 g/mol. The average molecular weight is 250 g/mol. The van der Waals surface area contributed by atoms with Crippen molar-refractivity contribution < 1.29 is 18.3 Å². The van der Waals surface area contributed by atoms with Crippen LogP contribution in [0.15, 0.2) is 0 Å². The van der Waals surface area contributed by atoms with Gasteiger partial charge in [0.25, 0.3) is 0 Å². The van der Waals surface area contributed by atoms with Gasteiger partial charge in [0, 0.05) is 6.26 Å². The summed E-state index contributed by atoms with van der Waals surface area (Å²) in [4.78, 5) is 14.3. The Labute approximate surface area is 90.7 Å². The number of nitrogen functional groups attached to an aromatic ring is 1. The van der Waals surface area contributed by atoms with Crippen molar-refractivity contribution in [3.05, 3.63) is 10.7 Å². The lowest BCUT2D eigenvalue weighted by Crippen LogP contribution is -2.08. The van der Waals surface area contributed by atoms with Crippen molar-refractivity contribution in [2.24, 2.45) is 0 Å². The first kappa shape index (κ1) is 11.9. The lowest BCUT2D eigenvalue weighted by Gasteiger charge is -2.03. The Morgan fingerprint density at radius 1 is 1.60 bits per heavy atom. The zero-order valence-corrected chi connectivity index (χ0v) is 9.72. The molecular weight excluding hydrogens is 240 g/mol. The number of aromatic nitrogens is 1. The highest BCUT2D eigenvalue weighted by Gasteiger charge is 2.24. The third kappa shape index (κ3) is 2.45. The fourth-order valence-corrected chi connectivity index (χ4v) is 2.70. The second-order valence-corrected chi connectivity index (χ2v) is 6.47. The van der Waals surface area contributed by atoms with Crippen LogP contribution < -0.4 is 5.73 Å². The molecule has 6 nitrogen and oxygen atoms in total. The molecule has 0 amide bonds. The molecule has 1 rings (SSSR count). The van der Waals surface area contributed by atoms with Crippen molar-refractivity contribution in [3.63, 3.8) is 0 Å². The molecule has 1 aromatic heterocycles. The van der Waals surface area contributed by atoms with Gasteiger partial charge in [-0.25, -0.2) is 18.2 Å². The van der Waals surface area contributed by atoms with Gasteiger partial charge in [0.15, 0.2) is 15.5 Å². The first-order valence-corrected chi connectivity index (χ1v) is 6.69. The summed E-state index contributed by atoms with van der Waals surface area (Å²) in [5.74, 6) is -1.25. The number of aromatic carboxylic acids is 1. The van der Waals surface area contributed by atoms with E-state index >= 15 is 0 Å². The van der Waals surface area contributed by atoms with E-state index in [9.17, 15) is 13.2 Å². The van der Waals surface area contributed by atoms with Crippen molar-refractivity contribution in [1.29, 1.82) is 0 Å². The number of carboxylic acids is 1. The molecule has 0 saturated heterocycles. The molecule has 0 saturated carbocycles. The summed E-state index contributed by atoms with van der Waals surface area (Å²) in [6.45, 7) is 1.44. The van der Waals surface area contributed by atoms with E-state index in [1.165, 1.54) is 6.92 Å². The zero-order chi connectivity index (χ0) is 11.8. The van der Waals surface area contributed by atoms with Crippen LogP contribution in [-0.2, 0) is 9.84 Å². The van der Waals surface area contributed by atoms with Crippen LogP contribution >= 0.6 is 11.3 Å². The van der Waals surface area contributed by atoms with E-state index in [2.05, 4.69) is 4.98 Å². The minimum atomic E-state index is -3.29. The largest absolute Gasteiger partial charge is 0.476 e. The summed E-state index contributed by atoms with van der Waals surface area (Å²) in [5.41, 5.74) is 5.12. The zero-order valence-electron chi connectivity index (χ0n) is 8.09. The Morgan fingerprint density at radius 2 is 2.13 bits per heavy atom. The summed E-state index contributed by atoms with van der Waals surface area (Å²) < 4.78 is 22.4. The highest BCUT2D eigenvalue weighted by Crippen LogP contribution is 2.29. The lowest BCUT2D eigenvalue weighted by molar-refractivity contribution is 0.0692. The van der Waals surface area contributed by atoms with Crippen LogP contribution in [0.5, 0.6) is 0 Å². The minimum absolute atomic E-state index is 0.0213. The highest BCUT2D eigenvalue weighted by atomic mass is 32.2. The third-order valence-corrected chi connectivity index (χ3v) is 4.59. The molecule has 8 heteroatoms. The van der Waals surface area contributed by atoms with Crippen molar-refractivity contribution in [2.75, 3.05) is 12.0 Å². The molecule has 0 aromatic carbocycles. The number of thiazole rings is 1. The topological polar surface area (TPSA) is 110 Å². The highest BCUT2D eigenvalue weighted by molar-refractivity contribution is 7.91. The Balaban J connectivity index is 3.19. The molecule has 1 heterocycles. The average Bonchev–Trinajstić information content (AvgIpc) is 2.44. The van der Waals surface area contributed by atoms with Crippen LogP contribution in [0.4, 0.5) is 5.00 Å². The van der Waals surface area contributed by atoms with E-state index in [4.69, 9.17) is 10.8 Å². The smallest absolute Gasteiger partial charge is 0.357 e. The molecule has 15 heavy (non-hydrogen) atoms. The normalized spacial score (nSPS) is 13.7. The number of sulfone groups is 1. The number of carboxylic acid groups (broad SMARTS) is 1. The Bertz CT molecular complexity index is 491. The van der Waals surface area contributed by atoms with Crippen molar-refractivity contribution in [2.45, 2.75) is 12.2 Å². The van der Waals surface area contributed by atoms with Crippen LogP contribution in [0.25, 0.3) is 0 Å². The summed E-state index contributed by atoms with van der Waals surface area (Å²) in [7, 11) is -3.29. The molecule has 84 valence electrons. The molecule has 1 aromatic rings. The first-order chi connectivity index (χ1) is 6.73. The molecule has 0 bridgehead atoms. The number of carbonyl (C=O) groups is 1. The molecule has 0 aliphatic heterocycles. The molecular formula is C7H10N2O4S2. The first-order valence-electron chi connectivity index (χ1n) is 3.92. The van der Waals surface area contributed by atoms with Gasteiger partial charge >= 0.3 is 5.97 Å². The van der Waals surface area contributed by atoms with Gasteiger partial charge in [-0.05, 0) is 6.92 Å². The van der Waals surface area contributed by atoms with Gasteiger partial charge < -0.3 is 10.8 Å². The Kier molecular flexibility index (Phi) is 3.00. The number of nitrogens with two attached hydrogens (primary N) is 1. The van der Waals surface area contributed by atoms with E-state index < -0.39 is 21.1 Å². The van der Waals surface area contributed by atoms with Crippen molar-refractivity contribution in [1.82, 2.24) is 4.98 Å². The maximum absolute atomic E-state index is 11.2. The predicted octanol–water partition coefficient (Wildman–Crippen LogP) is 0.529. The van der Waals surface area contributed by atoms with E-state index in [-0.39, 0.29) is 15.7 Å². The summed E-state index contributed by atoms with van der Waals surface area (Å²) >= 11 is 0.884. The summed E-state index contributed by atoms with van der Waals surface area (Å²) in [6.07, 6.45) is 1.07. The second-order valence-electron chi connectivity index (χ2n) is 3.04. The fraction of sp³-hybridized carbons (Fsp3) is 0.429. The minimum Gasteiger partial charge on any atom is -0.476 e. The van der Waals surface area contributed by atoms with E-state index in [0.717, 1.165) is 17.6 Å². The fourth-order valence-electron chi connectivity index (χ4n) is 0.859. The number of anilines is 1. The SMILES string of the molecule is CC(c1nc(C(=O)O)c(N)s1)S(C)(=O)=O. The lowest BCUT2D eigenvalue weighted by atomic mass is 10.4. The quantitative estimate of drug-likeness (QED) is 0.809. The Hall–Kier alpha value is -1.15. The maximum atomic E-state index is 11.2. The maximum Gasteiger partial charge on any atom is 0.357 e. The third-order valence-electron chi connectivity index (χ3n) is 1.86. The molecule has 0 aliphatic rings. The van der Waals surface area contributed by atoms with Crippen LogP contribution in [0, 0.1) is 0 Å². The van der Waals surface area contributed by atoms with Crippen LogP contribution in [0.3, 0.4) is 0 Å². The number of hydrogen-bond donors (Lipinski definition) is 2. The molecule has 0 radical (unpaired) electrons. The molecule has 3 N–H and O–H groups in total. The van der Waals surface area contributed by atoms with Crippen molar-refractivity contribution in [3.8, 4) is 0 Å². The molecule has 0 spiro atoms. The molecule has 1 unspecified atom stereocenters. The molecule has 1 atom stereocenters. The van der Waals surface area contributed by atoms with Gasteiger partial charge in [-0.2, -0.15) is 0 Å². The van der Waals surface area contributed by atoms with E-state index in [1.807, 2.05) is 0 Å². The van der Waals surface area contributed by atoms with Crippen molar-refractivity contribution >= 4 is 32.1 Å². The number of nitrogens with zero attached hydrogens (tertiary/aromatic N) is 1. The van der Waals surface area contributed by atoms with E-state index in [1.54, 1.807) is 0 Å². The second kappa shape index (κ2) is 3.78. The summed E-state index contributed by atoms with van der Waals surface area (Å²) in [5, 5.41) is 8.07. The van der Waals surface area contributed by atoms with Gasteiger partial charge in [0.05, 0.1) is 0 Å². The standard InChI is InChI=1S/C7H10N2O4S2/c1-3(15(2,12)13)6-9-4(7(10)11)5(8)14-6/h3H,8H2,1-2H3,(H,10,11). The van der Waals surface area contributed by atoms with Gasteiger partial charge in [-0.1, -0.05) is 11.3 Å². The van der Waals surface area contributed by atoms with Gasteiger partial charge in [-0.3, -0.25) is 0 Å². The van der Waals surface area contributed by atoms with Gasteiger partial charge in [0.2, 0.25) is 0 Å². The predicted molar refractivity (Wildman–Crippen MR) is 56.7 cm³/mol. The molecule has 0 aliphatic carbocycles. The van der Waals surface area contributed by atoms with Crippen LogP contribution in [-0.4, -0.2) is 30.7 Å². The van der Waals surface area contributed by atoms with Crippen LogP contribution in [0.1, 0.15) is 27.7 Å². The Morgan fingerprint density at radius 3 is 2.47 bits per heavy atom. The number of hydrogen-bond acceptors (Lipinski definition) is 6. The van der Waals surface area contributed by atoms with Crippen LogP contribution in [0.2, 0.25) is 0 Å². The number of rotatable bonds is 3. The van der Waals surface area contributed by atoms with E-state index in [0.29, 0.717) is 0 Å². The molecule has 0 fully saturated rings.